The zero-order chi connectivity index (χ0) is 16.6. The molecule has 2 bridgehead atoms. The van der Waals surface area contributed by atoms with Crippen LogP contribution in [0.4, 0.5) is 5.69 Å². The van der Waals surface area contributed by atoms with E-state index in [-0.39, 0.29) is 0 Å². The summed E-state index contributed by atoms with van der Waals surface area (Å²) in [6.45, 7) is 3.79. The third-order valence-electron chi connectivity index (χ3n) is 5.83. The van der Waals surface area contributed by atoms with Gasteiger partial charge in [-0.3, -0.25) is 4.98 Å². The minimum absolute atomic E-state index is 0.598. The van der Waals surface area contributed by atoms with Crippen LogP contribution < -0.4 is 5.32 Å². The van der Waals surface area contributed by atoms with Gasteiger partial charge in [0.1, 0.15) is 0 Å². The van der Waals surface area contributed by atoms with Gasteiger partial charge >= 0.3 is 0 Å². The van der Waals surface area contributed by atoms with Crippen molar-refractivity contribution in [3.8, 4) is 11.3 Å². The highest BCUT2D eigenvalue weighted by Crippen LogP contribution is 2.29. The second-order valence-corrected chi connectivity index (χ2v) is 7.45. The minimum Gasteiger partial charge on any atom is -0.381 e. The molecule has 2 aliphatic heterocycles. The highest BCUT2D eigenvalue weighted by Gasteiger charge is 2.31. The van der Waals surface area contributed by atoms with E-state index in [0.717, 1.165) is 17.3 Å². The van der Waals surface area contributed by atoms with Crippen LogP contribution in [0, 0.1) is 5.92 Å². The molecule has 2 aromatic heterocycles. The first-order chi connectivity index (χ1) is 12.3. The maximum absolute atomic E-state index is 4.70. The van der Waals surface area contributed by atoms with Crippen molar-refractivity contribution in [3.05, 3.63) is 48.8 Å². The van der Waals surface area contributed by atoms with Crippen LogP contribution in [0.15, 0.2) is 48.8 Å². The molecule has 1 aromatic carbocycles. The number of piperidine rings is 2. The molecule has 3 unspecified atom stereocenters. The summed E-state index contributed by atoms with van der Waals surface area (Å²) in [5.41, 5.74) is 4.51. The largest absolute Gasteiger partial charge is 0.381 e. The van der Waals surface area contributed by atoms with Gasteiger partial charge < -0.3 is 15.2 Å². The lowest BCUT2D eigenvalue weighted by atomic mass is 9.85. The molecule has 4 heteroatoms. The van der Waals surface area contributed by atoms with Crippen molar-refractivity contribution in [3.63, 3.8) is 0 Å². The molecule has 2 aliphatic rings. The standard InChI is InChI=1S/C21H24N4/c1-2-17-14-25(10-1)11-8-21(17)24-18-4-6-20(23-13-18)15-3-5-19-16(12-15)7-9-22-19/h3-7,9,12-13,17,21-22,24H,1-2,8,10-11,14H2. The molecule has 0 aliphatic carbocycles. The van der Waals surface area contributed by atoms with Crippen LogP contribution in [0.25, 0.3) is 22.2 Å². The van der Waals surface area contributed by atoms with Crippen LogP contribution >= 0.6 is 0 Å². The van der Waals surface area contributed by atoms with Crippen LogP contribution in [0.3, 0.4) is 0 Å². The number of aromatic nitrogens is 2. The third-order valence-corrected chi connectivity index (χ3v) is 5.83. The van der Waals surface area contributed by atoms with Gasteiger partial charge in [0, 0.05) is 41.8 Å². The second kappa shape index (κ2) is 6.19. The molecule has 0 amide bonds. The molecule has 0 radical (unpaired) electrons. The molecule has 3 aromatic rings. The van der Waals surface area contributed by atoms with Gasteiger partial charge in [-0.2, -0.15) is 0 Å². The van der Waals surface area contributed by atoms with Crippen LogP contribution in [-0.4, -0.2) is 40.5 Å². The maximum atomic E-state index is 4.70. The first-order valence-electron chi connectivity index (χ1n) is 9.38. The van der Waals surface area contributed by atoms with E-state index >= 15 is 0 Å². The zero-order valence-corrected chi connectivity index (χ0v) is 14.4. The molecule has 2 N–H and O–H groups in total. The molecule has 4 heterocycles. The van der Waals surface area contributed by atoms with Crippen LogP contribution in [0.1, 0.15) is 19.3 Å². The minimum atomic E-state index is 0.598. The van der Waals surface area contributed by atoms with Gasteiger partial charge in [0.15, 0.2) is 0 Å². The number of pyridine rings is 1. The summed E-state index contributed by atoms with van der Waals surface area (Å²) < 4.78 is 0. The fourth-order valence-electron chi connectivity index (χ4n) is 4.45. The number of rotatable bonds is 3. The Morgan fingerprint density at radius 2 is 2.08 bits per heavy atom. The van der Waals surface area contributed by atoms with Crippen molar-refractivity contribution in [2.45, 2.75) is 25.3 Å². The lowest BCUT2D eigenvalue weighted by Gasteiger charge is -2.43. The van der Waals surface area contributed by atoms with Crippen molar-refractivity contribution in [2.75, 3.05) is 25.0 Å². The van der Waals surface area contributed by atoms with E-state index in [4.69, 9.17) is 4.98 Å². The fraction of sp³-hybridized carbons (Fsp3) is 0.381. The number of nitrogens with one attached hydrogen (secondary N) is 2. The molecular weight excluding hydrogens is 308 g/mol. The molecule has 25 heavy (non-hydrogen) atoms. The first kappa shape index (κ1) is 15.0. The average Bonchev–Trinajstić information content (AvgIpc) is 3.13. The van der Waals surface area contributed by atoms with Gasteiger partial charge in [0.25, 0.3) is 0 Å². The topological polar surface area (TPSA) is 44.0 Å². The van der Waals surface area contributed by atoms with Gasteiger partial charge in [-0.25, -0.2) is 0 Å². The zero-order valence-electron chi connectivity index (χ0n) is 14.4. The summed E-state index contributed by atoms with van der Waals surface area (Å²) in [4.78, 5) is 10.6. The molecule has 0 spiro atoms. The molecular formula is C21H24N4. The van der Waals surface area contributed by atoms with E-state index in [0.29, 0.717) is 6.04 Å². The molecule has 128 valence electrons. The molecule has 4 nitrogen and oxygen atoms in total. The number of nitrogens with zero attached hydrogens (tertiary/aromatic N) is 2. The van der Waals surface area contributed by atoms with E-state index in [2.05, 4.69) is 51.6 Å². The summed E-state index contributed by atoms with van der Waals surface area (Å²) in [6, 6.07) is 13.5. The van der Waals surface area contributed by atoms with Crippen molar-refractivity contribution in [1.82, 2.24) is 14.9 Å². The maximum Gasteiger partial charge on any atom is 0.0703 e. The number of aromatic amines is 1. The van der Waals surface area contributed by atoms with Crippen molar-refractivity contribution < 1.29 is 0 Å². The summed E-state index contributed by atoms with van der Waals surface area (Å²) in [6.07, 6.45) is 7.92. The number of H-pyrrole nitrogens is 1. The quantitative estimate of drug-likeness (QED) is 0.758. The molecule has 0 saturated carbocycles. The van der Waals surface area contributed by atoms with E-state index in [1.807, 2.05) is 12.4 Å². The first-order valence-corrected chi connectivity index (χ1v) is 9.38. The summed E-state index contributed by atoms with van der Waals surface area (Å²) in [5.74, 6) is 0.790. The van der Waals surface area contributed by atoms with E-state index in [9.17, 15) is 0 Å². The summed E-state index contributed by atoms with van der Waals surface area (Å²) >= 11 is 0. The van der Waals surface area contributed by atoms with Crippen LogP contribution in [0.2, 0.25) is 0 Å². The Labute approximate surface area is 148 Å². The van der Waals surface area contributed by atoms with Crippen LogP contribution in [-0.2, 0) is 0 Å². The Kier molecular flexibility index (Phi) is 3.71. The number of fused-ring (bicyclic) bond motifs is 3. The predicted molar refractivity (Wildman–Crippen MR) is 103 cm³/mol. The van der Waals surface area contributed by atoms with Gasteiger partial charge in [0.2, 0.25) is 0 Å². The summed E-state index contributed by atoms with van der Waals surface area (Å²) in [5, 5.41) is 4.97. The lowest BCUT2D eigenvalue weighted by Crippen LogP contribution is -2.49. The van der Waals surface area contributed by atoms with E-state index < -0.39 is 0 Å². The summed E-state index contributed by atoms with van der Waals surface area (Å²) in [7, 11) is 0. The van der Waals surface area contributed by atoms with Gasteiger partial charge in [-0.05, 0) is 62.1 Å². The monoisotopic (exact) mass is 332 g/mol. The Morgan fingerprint density at radius 3 is 3.00 bits per heavy atom. The molecule has 5 rings (SSSR count). The van der Waals surface area contributed by atoms with Gasteiger partial charge in [-0.15, -0.1) is 0 Å². The second-order valence-electron chi connectivity index (χ2n) is 7.45. The van der Waals surface area contributed by atoms with E-state index in [1.54, 1.807) is 0 Å². The number of hydrogen-bond donors (Lipinski definition) is 2. The molecule has 2 saturated heterocycles. The number of hydrogen-bond acceptors (Lipinski definition) is 3. The van der Waals surface area contributed by atoms with Crippen molar-refractivity contribution in [2.24, 2.45) is 5.92 Å². The Bertz CT molecular complexity index is 867. The normalized spacial score (nSPS) is 25.8. The predicted octanol–water partition coefficient (Wildman–Crippen LogP) is 4.13. The number of anilines is 1. The Balaban J connectivity index is 1.32. The molecule has 3 atom stereocenters. The molecule has 2 fully saturated rings. The average molecular weight is 332 g/mol. The van der Waals surface area contributed by atoms with Gasteiger partial charge in [0.05, 0.1) is 17.6 Å². The lowest BCUT2D eigenvalue weighted by molar-refractivity contribution is 0.113. The highest BCUT2D eigenvalue weighted by atomic mass is 15.2. The van der Waals surface area contributed by atoms with Crippen molar-refractivity contribution >= 4 is 16.6 Å². The SMILES string of the molecule is c1cc2cc(-c3ccc(NC4CCN5CCCC4C5)cn3)ccc2[nH]1. The Hall–Kier alpha value is -2.33. The van der Waals surface area contributed by atoms with Gasteiger partial charge in [-0.1, -0.05) is 6.07 Å². The van der Waals surface area contributed by atoms with Crippen molar-refractivity contribution in [1.29, 1.82) is 0 Å². The smallest absolute Gasteiger partial charge is 0.0703 e. The fourth-order valence-corrected chi connectivity index (χ4v) is 4.45. The van der Waals surface area contributed by atoms with Crippen LogP contribution in [0.5, 0.6) is 0 Å². The Morgan fingerprint density at radius 1 is 1.08 bits per heavy atom. The third kappa shape index (κ3) is 2.91. The number of benzene rings is 1. The highest BCUT2D eigenvalue weighted by molar-refractivity contribution is 5.84. The van der Waals surface area contributed by atoms with E-state index in [1.165, 1.54) is 55.4 Å².